The van der Waals surface area contributed by atoms with Gasteiger partial charge in [0, 0.05) is 57.1 Å². The highest BCUT2D eigenvalue weighted by Gasteiger charge is 2.63. The smallest absolute Gasteiger partial charge is 0.220 e. The summed E-state index contributed by atoms with van der Waals surface area (Å²) in [4.78, 5) is 14.8. The first kappa shape index (κ1) is 18.5. The minimum atomic E-state index is 0.0737. The summed E-state index contributed by atoms with van der Waals surface area (Å²) in [5.41, 5.74) is 0.0737. The Labute approximate surface area is 157 Å². The van der Waals surface area contributed by atoms with Crippen molar-refractivity contribution in [3.8, 4) is 0 Å². The molecule has 0 unspecified atom stereocenters. The van der Waals surface area contributed by atoms with Crippen molar-refractivity contribution in [3.63, 3.8) is 0 Å². The minimum absolute atomic E-state index is 0.0737. The molecule has 2 bridgehead atoms. The van der Waals surface area contributed by atoms with Crippen LogP contribution in [0.5, 0.6) is 0 Å². The first-order chi connectivity index (χ1) is 12.7. The number of carbonyl (C=O) groups is 1. The fourth-order valence-electron chi connectivity index (χ4n) is 5.70. The number of unbranched alkanes of at least 4 members (excludes halogenated alkanes) is 1. The van der Waals surface area contributed by atoms with E-state index in [1.807, 2.05) is 13.0 Å². The number of nitrogens with zero attached hydrogens (tertiary/aromatic N) is 1. The maximum absolute atomic E-state index is 12.2. The first-order valence-electron chi connectivity index (χ1n) is 10.6. The molecule has 26 heavy (non-hydrogen) atoms. The molecule has 4 rings (SSSR count). The van der Waals surface area contributed by atoms with Gasteiger partial charge >= 0.3 is 0 Å². The molecule has 0 saturated carbocycles. The van der Waals surface area contributed by atoms with Crippen LogP contribution in [-0.4, -0.2) is 61.4 Å². The van der Waals surface area contributed by atoms with E-state index in [2.05, 4.69) is 16.3 Å². The van der Waals surface area contributed by atoms with Crippen molar-refractivity contribution in [1.82, 2.24) is 10.2 Å². The van der Waals surface area contributed by atoms with Gasteiger partial charge in [-0.25, -0.2) is 0 Å². The van der Waals surface area contributed by atoms with E-state index in [1.54, 1.807) is 0 Å². The Bertz CT molecular complexity index is 531. The van der Waals surface area contributed by atoms with Crippen LogP contribution in [0.2, 0.25) is 0 Å². The number of nitrogens with one attached hydrogen (secondary N) is 1. The average molecular weight is 363 g/mol. The summed E-state index contributed by atoms with van der Waals surface area (Å²) < 4.78 is 12.1. The van der Waals surface area contributed by atoms with Crippen LogP contribution in [0.1, 0.15) is 51.9 Å². The van der Waals surface area contributed by atoms with Gasteiger partial charge in [-0.2, -0.15) is 0 Å². The Kier molecular flexibility index (Phi) is 5.67. The molecule has 4 aliphatic rings. The van der Waals surface area contributed by atoms with Crippen LogP contribution in [0.4, 0.5) is 0 Å². The van der Waals surface area contributed by atoms with Gasteiger partial charge in [-0.05, 0) is 45.4 Å². The van der Waals surface area contributed by atoms with Crippen LogP contribution >= 0.6 is 0 Å². The van der Waals surface area contributed by atoms with Crippen molar-refractivity contribution >= 4 is 5.91 Å². The van der Waals surface area contributed by atoms with E-state index in [0.717, 1.165) is 58.5 Å². The van der Waals surface area contributed by atoms with E-state index in [4.69, 9.17) is 9.47 Å². The Morgan fingerprint density at radius 3 is 2.96 bits per heavy atom. The normalized spacial score (nSPS) is 37.5. The van der Waals surface area contributed by atoms with Crippen LogP contribution in [-0.2, 0) is 14.3 Å². The van der Waals surface area contributed by atoms with Crippen LogP contribution in [0.15, 0.2) is 12.2 Å². The summed E-state index contributed by atoms with van der Waals surface area (Å²) in [6.45, 7) is 6.84. The molecule has 1 spiro atoms. The van der Waals surface area contributed by atoms with Crippen LogP contribution in [0, 0.1) is 11.8 Å². The molecule has 4 fully saturated rings. The monoisotopic (exact) mass is 362 g/mol. The zero-order valence-corrected chi connectivity index (χ0v) is 16.1. The van der Waals surface area contributed by atoms with Gasteiger partial charge in [-0.3, -0.25) is 9.69 Å². The summed E-state index contributed by atoms with van der Waals surface area (Å²) in [5, 5.41) is 3.21. The molecule has 0 radical (unpaired) electrons. The molecule has 0 aromatic rings. The zero-order chi connectivity index (χ0) is 18.0. The molecule has 5 heteroatoms. The third kappa shape index (κ3) is 3.58. The quantitative estimate of drug-likeness (QED) is 0.558. The second-order valence-electron chi connectivity index (χ2n) is 8.57. The van der Waals surface area contributed by atoms with Crippen LogP contribution < -0.4 is 5.32 Å². The maximum Gasteiger partial charge on any atom is 0.220 e. The van der Waals surface area contributed by atoms with Crippen molar-refractivity contribution in [2.45, 2.75) is 69.6 Å². The molecule has 4 aliphatic heterocycles. The maximum atomic E-state index is 12.2. The van der Waals surface area contributed by atoms with Crippen molar-refractivity contribution in [2.24, 2.45) is 11.8 Å². The lowest BCUT2D eigenvalue weighted by atomic mass is 9.73. The molecule has 0 aliphatic carbocycles. The predicted octanol–water partition coefficient (Wildman–Crippen LogP) is 2.51. The van der Waals surface area contributed by atoms with Gasteiger partial charge in [0.1, 0.15) is 0 Å². The lowest BCUT2D eigenvalue weighted by molar-refractivity contribution is -0.121. The molecule has 5 nitrogen and oxygen atoms in total. The van der Waals surface area contributed by atoms with Gasteiger partial charge in [-0.15, -0.1) is 0 Å². The Morgan fingerprint density at radius 1 is 1.31 bits per heavy atom. The number of amides is 1. The van der Waals surface area contributed by atoms with Gasteiger partial charge in [0.25, 0.3) is 0 Å². The molecular formula is C21H34N2O3. The number of fused-ring (bicyclic) bond motifs is 1. The van der Waals surface area contributed by atoms with Crippen molar-refractivity contribution in [3.05, 3.63) is 12.2 Å². The lowest BCUT2D eigenvalue weighted by Crippen LogP contribution is -2.41. The number of ether oxygens (including phenoxy) is 2. The standard InChI is InChI=1S/C21H34N2O3/c1-2-3-4-5-6-20(24)22-13-17-18-14-23(16-8-11-25-12-9-16)15-21(18)10-7-19(17)26-21/h2-3,16-19H,4-15H2,1H3,(H,22,24)/t17-,18+,19+,21+/m0/s1. The zero-order valence-electron chi connectivity index (χ0n) is 16.1. The first-order valence-corrected chi connectivity index (χ1v) is 10.6. The van der Waals surface area contributed by atoms with E-state index in [0.29, 0.717) is 30.4 Å². The predicted molar refractivity (Wildman–Crippen MR) is 101 cm³/mol. The van der Waals surface area contributed by atoms with E-state index in [9.17, 15) is 4.79 Å². The topological polar surface area (TPSA) is 50.8 Å². The molecule has 4 saturated heterocycles. The number of hydrogen-bond donors (Lipinski definition) is 1. The number of likely N-dealkylation sites (tertiary alicyclic amines) is 1. The molecule has 1 amide bonds. The molecule has 4 atom stereocenters. The Morgan fingerprint density at radius 2 is 2.15 bits per heavy atom. The van der Waals surface area contributed by atoms with Crippen molar-refractivity contribution in [1.29, 1.82) is 0 Å². The van der Waals surface area contributed by atoms with E-state index >= 15 is 0 Å². The van der Waals surface area contributed by atoms with Gasteiger partial charge in [0.15, 0.2) is 0 Å². The molecule has 1 N–H and O–H groups in total. The molecular weight excluding hydrogens is 328 g/mol. The van der Waals surface area contributed by atoms with Crippen molar-refractivity contribution < 1.29 is 14.3 Å². The Balaban J connectivity index is 1.30. The van der Waals surface area contributed by atoms with Gasteiger partial charge in [0.05, 0.1) is 11.7 Å². The van der Waals surface area contributed by atoms with Crippen LogP contribution in [0.3, 0.4) is 0 Å². The highest BCUT2D eigenvalue weighted by atomic mass is 16.5. The summed E-state index contributed by atoms with van der Waals surface area (Å²) in [7, 11) is 0. The largest absolute Gasteiger partial charge is 0.381 e. The molecule has 146 valence electrons. The number of hydrogen-bond acceptors (Lipinski definition) is 4. The van der Waals surface area contributed by atoms with Crippen LogP contribution in [0.25, 0.3) is 0 Å². The summed E-state index contributed by atoms with van der Waals surface area (Å²) >= 11 is 0. The van der Waals surface area contributed by atoms with E-state index in [-0.39, 0.29) is 11.5 Å². The fraction of sp³-hybridized carbons (Fsp3) is 0.857. The third-order valence-electron chi connectivity index (χ3n) is 7.06. The minimum Gasteiger partial charge on any atom is -0.381 e. The second kappa shape index (κ2) is 7.99. The van der Waals surface area contributed by atoms with E-state index in [1.165, 1.54) is 12.8 Å². The van der Waals surface area contributed by atoms with Gasteiger partial charge in [-0.1, -0.05) is 12.2 Å². The average Bonchev–Trinajstić information content (AvgIpc) is 3.33. The highest BCUT2D eigenvalue weighted by Crippen LogP contribution is 2.55. The highest BCUT2D eigenvalue weighted by molar-refractivity contribution is 5.75. The second-order valence-corrected chi connectivity index (χ2v) is 8.57. The summed E-state index contributed by atoms with van der Waals surface area (Å²) in [6, 6.07) is 0.660. The van der Waals surface area contributed by atoms with E-state index < -0.39 is 0 Å². The molecule has 0 aromatic carbocycles. The fourth-order valence-corrected chi connectivity index (χ4v) is 5.70. The summed E-state index contributed by atoms with van der Waals surface area (Å²) in [6.07, 6.45) is 11.8. The van der Waals surface area contributed by atoms with Crippen molar-refractivity contribution in [2.75, 3.05) is 32.8 Å². The molecule has 0 aromatic heterocycles. The number of allylic oxidation sites excluding steroid dienone is 2. The SMILES string of the molecule is CC=CCCCC(=O)NC[C@H]1[C@H]2CN(C3CCOCC3)C[C@]23CC[C@H]1O3. The third-order valence-corrected chi connectivity index (χ3v) is 7.06. The summed E-state index contributed by atoms with van der Waals surface area (Å²) in [5.74, 6) is 1.28. The lowest BCUT2D eigenvalue weighted by Gasteiger charge is -2.32. The van der Waals surface area contributed by atoms with Gasteiger partial charge < -0.3 is 14.8 Å². The van der Waals surface area contributed by atoms with Gasteiger partial charge in [0.2, 0.25) is 5.91 Å². The number of rotatable bonds is 7. The molecule has 4 heterocycles. The number of carbonyl (C=O) groups excluding carboxylic acids is 1. The Hall–Kier alpha value is -0.910.